The Morgan fingerprint density at radius 2 is 1.75 bits per heavy atom. The first-order valence-corrected chi connectivity index (χ1v) is 7.45. The number of nitrogens with zero attached hydrogens (tertiary/aromatic N) is 2. The molecule has 4 heteroatoms. The molecule has 0 bridgehead atoms. The van der Waals surface area contributed by atoms with Gasteiger partial charge < -0.3 is 4.74 Å². The second kappa shape index (κ2) is 6.51. The zero-order valence-electron chi connectivity index (χ0n) is 13.4. The highest BCUT2D eigenvalue weighted by Crippen LogP contribution is 2.31. The second-order valence-electron chi connectivity index (χ2n) is 5.34. The normalized spacial score (nSPS) is 10.2. The van der Waals surface area contributed by atoms with Crippen LogP contribution in [0.2, 0.25) is 0 Å². The van der Waals surface area contributed by atoms with Gasteiger partial charge in [0.25, 0.3) is 0 Å². The Hall–Kier alpha value is -3.19. The fourth-order valence-electron chi connectivity index (χ4n) is 2.62. The molecule has 0 unspecified atom stereocenters. The molecule has 0 N–H and O–H groups in total. The van der Waals surface area contributed by atoms with Gasteiger partial charge in [0.05, 0.1) is 24.1 Å². The maximum absolute atomic E-state index is 14.2. The van der Waals surface area contributed by atoms with Crippen molar-refractivity contribution in [3.63, 3.8) is 0 Å². The minimum Gasteiger partial charge on any atom is -0.497 e. The van der Waals surface area contributed by atoms with Crippen molar-refractivity contribution in [1.82, 2.24) is 4.98 Å². The molecule has 24 heavy (non-hydrogen) atoms. The summed E-state index contributed by atoms with van der Waals surface area (Å²) in [5.74, 6) is 0.388. The number of hydrogen-bond acceptors (Lipinski definition) is 3. The number of methoxy groups -OCH3 is 1. The highest BCUT2D eigenvalue weighted by atomic mass is 19.1. The molecule has 0 atom stereocenters. The second-order valence-corrected chi connectivity index (χ2v) is 5.34. The van der Waals surface area contributed by atoms with Crippen LogP contribution in [0, 0.1) is 24.1 Å². The summed E-state index contributed by atoms with van der Waals surface area (Å²) in [4.78, 5) is 4.50. The molecule has 3 aromatic rings. The highest BCUT2D eigenvalue weighted by Gasteiger charge is 2.15. The standard InChI is InChI=1S/C20H15FN2O/c1-13-18(12-22)17(16-5-3-4-6-19(16)21)11-20(23-13)14-7-9-15(24-2)10-8-14/h3-11H,1-2H3. The molecule has 2 aromatic carbocycles. The number of benzene rings is 2. The predicted octanol–water partition coefficient (Wildman–Crippen LogP) is 4.74. The average molecular weight is 318 g/mol. The Morgan fingerprint density at radius 3 is 2.38 bits per heavy atom. The summed E-state index contributed by atoms with van der Waals surface area (Å²) >= 11 is 0. The Morgan fingerprint density at radius 1 is 1.04 bits per heavy atom. The summed E-state index contributed by atoms with van der Waals surface area (Å²) in [6.45, 7) is 1.76. The van der Waals surface area contributed by atoms with E-state index in [1.807, 2.05) is 24.3 Å². The van der Waals surface area contributed by atoms with Gasteiger partial charge in [0.15, 0.2) is 0 Å². The van der Waals surface area contributed by atoms with E-state index in [2.05, 4.69) is 11.1 Å². The number of nitriles is 1. The first kappa shape index (κ1) is 15.7. The van der Waals surface area contributed by atoms with Crippen LogP contribution in [0.25, 0.3) is 22.4 Å². The van der Waals surface area contributed by atoms with Gasteiger partial charge in [0.1, 0.15) is 17.6 Å². The molecule has 0 fully saturated rings. The lowest BCUT2D eigenvalue weighted by atomic mass is 9.97. The Bertz CT molecular complexity index is 927. The molecule has 3 rings (SSSR count). The summed E-state index contributed by atoms with van der Waals surface area (Å²) in [5, 5.41) is 9.45. The lowest BCUT2D eigenvalue weighted by Gasteiger charge is -2.11. The van der Waals surface area contributed by atoms with E-state index in [1.165, 1.54) is 6.07 Å². The van der Waals surface area contributed by atoms with Gasteiger partial charge in [0.2, 0.25) is 0 Å². The number of ether oxygens (including phenoxy) is 1. The fourth-order valence-corrected chi connectivity index (χ4v) is 2.62. The van der Waals surface area contributed by atoms with E-state index in [9.17, 15) is 9.65 Å². The molecule has 1 aromatic heterocycles. The van der Waals surface area contributed by atoms with Crippen LogP contribution in [-0.4, -0.2) is 12.1 Å². The zero-order chi connectivity index (χ0) is 17.1. The highest BCUT2D eigenvalue weighted by molar-refractivity contribution is 5.77. The summed E-state index contributed by atoms with van der Waals surface area (Å²) in [7, 11) is 1.61. The van der Waals surface area contributed by atoms with Crippen molar-refractivity contribution in [2.24, 2.45) is 0 Å². The van der Waals surface area contributed by atoms with Crippen molar-refractivity contribution in [3.05, 3.63) is 71.7 Å². The molecule has 1 heterocycles. The van der Waals surface area contributed by atoms with Crippen LogP contribution in [0.4, 0.5) is 4.39 Å². The molecule has 0 aliphatic carbocycles. The summed E-state index contributed by atoms with van der Waals surface area (Å²) in [6, 6.07) is 17.8. The summed E-state index contributed by atoms with van der Waals surface area (Å²) < 4.78 is 19.4. The van der Waals surface area contributed by atoms with Crippen molar-refractivity contribution in [2.45, 2.75) is 6.92 Å². The van der Waals surface area contributed by atoms with E-state index in [-0.39, 0.29) is 5.82 Å². The average Bonchev–Trinajstić information content (AvgIpc) is 2.61. The molecule has 3 nitrogen and oxygen atoms in total. The predicted molar refractivity (Wildman–Crippen MR) is 91.1 cm³/mol. The summed E-state index contributed by atoms with van der Waals surface area (Å²) in [5.41, 5.74) is 3.47. The SMILES string of the molecule is COc1ccc(-c2cc(-c3ccccc3F)c(C#N)c(C)n2)cc1. The van der Waals surface area contributed by atoms with Gasteiger partial charge in [-0.2, -0.15) is 5.26 Å². The molecule has 0 amide bonds. The van der Waals surface area contributed by atoms with Crippen molar-refractivity contribution in [3.8, 4) is 34.2 Å². The van der Waals surface area contributed by atoms with Gasteiger partial charge >= 0.3 is 0 Å². The topological polar surface area (TPSA) is 45.9 Å². The third kappa shape index (κ3) is 2.84. The minimum atomic E-state index is -0.361. The lowest BCUT2D eigenvalue weighted by Crippen LogP contribution is -1.97. The molecule has 0 saturated heterocycles. The van der Waals surface area contributed by atoms with Crippen molar-refractivity contribution < 1.29 is 9.13 Å². The number of halogens is 1. The summed E-state index contributed by atoms with van der Waals surface area (Å²) in [6.07, 6.45) is 0. The third-order valence-corrected chi connectivity index (χ3v) is 3.86. The van der Waals surface area contributed by atoms with Crippen LogP contribution in [0.5, 0.6) is 5.75 Å². The van der Waals surface area contributed by atoms with Crippen LogP contribution >= 0.6 is 0 Å². The Kier molecular flexibility index (Phi) is 4.26. The van der Waals surface area contributed by atoms with E-state index in [0.29, 0.717) is 28.1 Å². The van der Waals surface area contributed by atoms with Crippen LogP contribution in [0.3, 0.4) is 0 Å². The molecule has 0 aliphatic rings. The third-order valence-electron chi connectivity index (χ3n) is 3.86. The van der Waals surface area contributed by atoms with Gasteiger partial charge in [-0.25, -0.2) is 4.39 Å². The maximum atomic E-state index is 14.2. The molecule has 0 aliphatic heterocycles. The van der Waals surface area contributed by atoms with Gasteiger partial charge in [-0.3, -0.25) is 4.98 Å². The van der Waals surface area contributed by atoms with Gasteiger partial charge in [-0.05, 0) is 43.3 Å². The van der Waals surface area contributed by atoms with Gasteiger partial charge in [-0.15, -0.1) is 0 Å². The first-order chi connectivity index (χ1) is 11.6. The quantitative estimate of drug-likeness (QED) is 0.700. The maximum Gasteiger partial charge on any atom is 0.131 e. The number of pyridine rings is 1. The van der Waals surface area contributed by atoms with Crippen LogP contribution < -0.4 is 4.74 Å². The van der Waals surface area contributed by atoms with Gasteiger partial charge in [0, 0.05) is 16.7 Å². The van der Waals surface area contributed by atoms with E-state index in [1.54, 1.807) is 38.3 Å². The molecular formula is C20H15FN2O. The van der Waals surface area contributed by atoms with E-state index in [4.69, 9.17) is 4.74 Å². The molecule has 0 saturated carbocycles. The minimum absolute atomic E-state index is 0.361. The van der Waals surface area contributed by atoms with E-state index in [0.717, 1.165) is 11.3 Å². The Balaban J connectivity index is 2.20. The molecule has 0 radical (unpaired) electrons. The van der Waals surface area contributed by atoms with Crippen LogP contribution in [0.1, 0.15) is 11.3 Å². The molecule has 0 spiro atoms. The number of aromatic nitrogens is 1. The number of rotatable bonds is 3. The van der Waals surface area contributed by atoms with Crippen molar-refractivity contribution in [2.75, 3.05) is 7.11 Å². The number of aryl methyl sites for hydroxylation is 1. The van der Waals surface area contributed by atoms with E-state index >= 15 is 0 Å². The van der Waals surface area contributed by atoms with Crippen molar-refractivity contribution >= 4 is 0 Å². The van der Waals surface area contributed by atoms with E-state index < -0.39 is 0 Å². The Labute approximate surface area is 140 Å². The molecular weight excluding hydrogens is 303 g/mol. The largest absolute Gasteiger partial charge is 0.497 e. The van der Waals surface area contributed by atoms with Crippen LogP contribution in [0.15, 0.2) is 54.6 Å². The number of hydrogen-bond donors (Lipinski definition) is 0. The zero-order valence-corrected chi connectivity index (χ0v) is 13.4. The fraction of sp³-hybridized carbons (Fsp3) is 0.100. The smallest absolute Gasteiger partial charge is 0.131 e. The van der Waals surface area contributed by atoms with Gasteiger partial charge in [-0.1, -0.05) is 18.2 Å². The van der Waals surface area contributed by atoms with Crippen molar-refractivity contribution in [1.29, 1.82) is 5.26 Å². The van der Waals surface area contributed by atoms with Crippen LogP contribution in [-0.2, 0) is 0 Å². The first-order valence-electron chi connectivity index (χ1n) is 7.45. The lowest BCUT2D eigenvalue weighted by molar-refractivity contribution is 0.415. The monoisotopic (exact) mass is 318 g/mol. The molecule has 118 valence electrons.